The largest absolute Gasteiger partial charge is 0.454 e. The molecular formula is C22H26N6O3. The Balaban J connectivity index is 1.49. The van der Waals surface area contributed by atoms with Crippen molar-refractivity contribution in [2.24, 2.45) is 0 Å². The molecule has 3 aromatic rings. The lowest BCUT2D eigenvalue weighted by Gasteiger charge is -2.34. The smallest absolute Gasteiger partial charge is 0.253 e. The van der Waals surface area contributed by atoms with Crippen molar-refractivity contribution in [2.45, 2.75) is 57.0 Å². The van der Waals surface area contributed by atoms with Crippen molar-refractivity contribution in [1.82, 2.24) is 30.1 Å². The highest BCUT2D eigenvalue weighted by Crippen LogP contribution is 2.37. The first-order valence-electron chi connectivity index (χ1n) is 11.3. The number of benzene rings is 1. The molecule has 1 saturated carbocycles. The van der Waals surface area contributed by atoms with Crippen molar-refractivity contribution in [1.29, 1.82) is 0 Å². The van der Waals surface area contributed by atoms with Crippen LogP contribution in [0.2, 0.25) is 0 Å². The van der Waals surface area contributed by atoms with E-state index in [1.165, 1.54) is 19.3 Å². The number of aromatic nitrogens is 5. The average molecular weight is 422 g/mol. The van der Waals surface area contributed by atoms with Crippen molar-refractivity contribution < 1.29 is 9.47 Å². The molecule has 0 bridgehead atoms. The second kappa shape index (κ2) is 7.64. The van der Waals surface area contributed by atoms with Crippen LogP contribution in [0.25, 0.3) is 10.9 Å². The number of aromatic amines is 1. The van der Waals surface area contributed by atoms with Gasteiger partial charge >= 0.3 is 0 Å². The molecule has 6 rings (SSSR count). The molecule has 9 heteroatoms. The summed E-state index contributed by atoms with van der Waals surface area (Å²) in [6.07, 6.45) is 8.01. The number of pyridine rings is 1. The molecule has 1 atom stereocenters. The van der Waals surface area contributed by atoms with Crippen LogP contribution >= 0.6 is 0 Å². The molecule has 2 aromatic heterocycles. The zero-order valence-corrected chi connectivity index (χ0v) is 17.4. The monoisotopic (exact) mass is 422 g/mol. The van der Waals surface area contributed by atoms with Crippen LogP contribution < -0.4 is 15.0 Å². The minimum absolute atomic E-state index is 0.108. The van der Waals surface area contributed by atoms with Gasteiger partial charge in [0.25, 0.3) is 5.56 Å². The first-order chi connectivity index (χ1) is 15.3. The third-order valence-corrected chi connectivity index (χ3v) is 6.85. The molecule has 3 aliphatic rings. The SMILES string of the molecule is O=c1[nH]c2cc3c(cc2cc1C(c1nnnn1C1CCCC1)N1CCCCC1)OCO3. The Labute approximate surface area is 179 Å². The van der Waals surface area contributed by atoms with Gasteiger partial charge in [-0.3, -0.25) is 9.69 Å². The average Bonchev–Trinajstić information content (AvgIpc) is 3.55. The second-order valence-electron chi connectivity index (χ2n) is 8.77. The van der Waals surface area contributed by atoms with Gasteiger partial charge in [-0.05, 0) is 61.3 Å². The van der Waals surface area contributed by atoms with Crippen molar-refractivity contribution >= 4 is 10.9 Å². The van der Waals surface area contributed by atoms with Crippen LogP contribution in [0.3, 0.4) is 0 Å². The molecule has 1 aromatic carbocycles. The quantitative estimate of drug-likeness (QED) is 0.690. The predicted molar refractivity (Wildman–Crippen MR) is 113 cm³/mol. The van der Waals surface area contributed by atoms with E-state index in [9.17, 15) is 4.79 Å². The normalized spacial score (nSPS) is 20.5. The fourth-order valence-corrected chi connectivity index (χ4v) is 5.28. The molecule has 0 radical (unpaired) electrons. The van der Waals surface area contributed by atoms with Crippen molar-refractivity contribution in [3.63, 3.8) is 0 Å². The lowest BCUT2D eigenvalue weighted by Crippen LogP contribution is -2.38. The number of nitrogens with one attached hydrogen (secondary N) is 1. The van der Waals surface area contributed by atoms with Crippen LogP contribution in [0, 0.1) is 0 Å². The summed E-state index contributed by atoms with van der Waals surface area (Å²) in [6, 6.07) is 5.79. The highest BCUT2D eigenvalue weighted by atomic mass is 16.7. The number of H-pyrrole nitrogens is 1. The molecular weight excluding hydrogens is 396 g/mol. The van der Waals surface area contributed by atoms with E-state index in [4.69, 9.17) is 9.47 Å². The lowest BCUT2D eigenvalue weighted by atomic mass is 10.00. The first kappa shape index (κ1) is 18.8. The van der Waals surface area contributed by atoms with E-state index in [2.05, 4.69) is 25.4 Å². The number of fused-ring (bicyclic) bond motifs is 2. The number of likely N-dealkylation sites (tertiary alicyclic amines) is 1. The Bertz CT molecular complexity index is 1160. The molecule has 1 aliphatic carbocycles. The van der Waals surface area contributed by atoms with Gasteiger partial charge in [0.05, 0.1) is 11.6 Å². The van der Waals surface area contributed by atoms with E-state index in [0.717, 1.165) is 55.5 Å². The summed E-state index contributed by atoms with van der Waals surface area (Å²) in [7, 11) is 0. The molecule has 4 heterocycles. The third kappa shape index (κ3) is 3.27. The van der Waals surface area contributed by atoms with Gasteiger partial charge in [0, 0.05) is 17.0 Å². The van der Waals surface area contributed by atoms with E-state index < -0.39 is 0 Å². The number of ether oxygens (including phenoxy) is 2. The maximum Gasteiger partial charge on any atom is 0.253 e. The molecule has 0 amide bonds. The number of piperidine rings is 1. The van der Waals surface area contributed by atoms with Gasteiger partial charge in [-0.2, -0.15) is 0 Å². The van der Waals surface area contributed by atoms with Crippen LogP contribution in [0.15, 0.2) is 23.0 Å². The van der Waals surface area contributed by atoms with Crippen molar-refractivity contribution in [3.05, 3.63) is 39.9 Å². The molecule has 0 spiro atoms. The molecule has 1 unspecified atom stereocenters. The highest BCUT2D eigenvalue weighted by molar-refractivity contribution is 5.83. The summed E-state index contributed by atoms with van der Waals surface area (Å²) in [5.41, 5.74) is 1.32. The molecule has 162 valence electrons. The fourth-order valence-electron chi connectivity index (χ4n) is 5.28. The molecule has 31 heavy (non-hydrogen) atoms. The molecule has 9 nitrogen and oxygen atoms in total. The van der Waals surface area contributed by atoms with E-state index in [1.807, 2.05) is 22.9 Å². The summed E-state index contributed by atoms with van der Waals surface area (Å²) in [4.78, 5) is 18.7. The number of hydrogen-bond donors (Lipinski definition) is 1. The van der Waals surface area contributed by atoms with Crippen LogP contribution in [0.1, 0.15) is 68.4 Å². The topological polar surface area (TPSA) is 98.2 Å². The van der Waals surface area contributed by atoms with E-state index in [-0.39, 0.29) is 18.4 Å². The Kier molecular flexibility index (Phi) is 4.63. The first-order valence-corrected chi connectivity index (χ1v) is 11.3. The van der Waals surface area contributed by atoms with Crippen LogP contribution in [0.4, 0.5) is 0 Å². The van der Waals surface area contributed by atoms with E-state index in [1.54, 1.807) is 0 Å². The highest BCUT2D eigenvalue weighted by Gasteiger charge is 2.33. The predicted octanol–water partition coefficient (Wildman–Crippen LogP) is 2.93. The Hall–Kier alpha value is -2.94. The Morgan fingerprint density at radius 1 is 1.00 bits per heavy atom. The number of rotatable bonds is 4. The second-order valence-corrected chi connectivity index (χ2v) is 8.77. The summed E-state index contributed by atoms with van der Waals surface area (Å²) < 4.78 is 13.0. The third-order valence-electron chi connectivity index (χ3n) is 6.85. The summed E-state index contributed by atoms with van der Waals surface area (Å²) >= 11 is 0. The van der Waals surface area contributed by atoms with Gasteiger partial charge < -0.3 is 14.5 Å². The van der Waals surface area contributed by atoms with E-state index in [0.29, 0.717) is 23.1 Å². The summed E-state index contributed by atoms with van der Waals surface area (Å²) in [5, 5.41) is 13.8. The Morgan fingerprint density at radius 3 is 2.58 bits per heavy atom. The van der Waals surface area contributed by atoms with Gasteiger partial charge in [-0.1, -0.05) is 19.3 Å². The van der Waals surface area contributed by atoms with Crippen molar-refractivity contribution in [3.8, 4) is 11.5 Å². The number of hydrogen-bond acceptors (Lipinski definition) is 7. The van der Waals surface area contributed by atoms with Gasteiger partial charge in [-0.15, -0.1) is 5.10 Å². The van der Waals surface area contributed by atoms with Gasteiger partial charge in [0.15, 0.2) is 17.3 Å². The maximum atomic E-state index is 13.3. The molecule has 1 N–H and O–H groups in total. The minimum Gasteiger partial charge on any atom is -0.454 e. The van der Waals surface area contributed by atoms with Crippen LogP contribution in [-0.2, 0) is 0 Å². The summed E-state index contributed by atoms with van der Waals surface area (Å²) in [5.74, 6) is 2.14. The molecule has 2 aliphatic heterocycles. The Morgan fingerprint density at radius 2 is 1.77 bits per heavy atom. The minimum atomic E-state index is -0.269. The summed E-state index contributed by atoms with van der Waals surface area (Å²) in [6.45, 7) is 2.07. The van der Waals surface area contributed by atoms with Gasteiger partial charge in [0.2, 0.25) is 6.79 Å². The number of tetrazole rings is 1. The van der Waals surface area contributed by atoms with E-state index >= 15 is 0 Å². The standard InChI is InChI=1S/C22H26N6O3/c29-22-16(10-14-11-18-19(31-13-30-18)12-17(14)23-22)20(27-8-4-1-5-9-27)21-24-25-26-28(21)15-6-2-3-7-15/h10-12,15,20H,1-9,13H2,(H,23,29). The number of nitrogens with zero attached hydrogens (tertiary/aromatic N) is 5. The lowest BCUT2D eigenvalue weighted by molar-refractivity contribution is 0.174. The molecule has 1 saturated heterocycles. The maximum absolute atomic E-state index is 13.3. The van der Waals surface area contributed by atoms with Crippen LogP contribution in [-0.4, -0.2) is 50.0 Å². The van der Waals surface area contributed by atoms with Crippen molar-refractivity contribution in [2.75, 3.05) is 19.9 Å². The zero-order chi connectivity index (χ0) is 20.8. The fraction of sp³-hybridized carbons (Fsp3) is 0.545. The zero-order valence-electron chi connectivity index (χ0n) is 17.4. The van der Waals surface area contributed by atoms with Crippen LogP contribution in [0.5, 0.6) is 11.5 Å². The van der Waals surface area contributed by atoms with Gasteiger partial charge in [0.1, 0.15) is 6.04 Å². The van der Waals surface area contributed by atoms with Gasteiger partial charge in [-0.25, -0.2) is 4.68 Å². The molecule has 2 fully saturated rings.